The lowest BCUT2D eigenvalue weighted by Crippen LogP contribution is -2.56. The van der Waals surface area contributed by atoms with Crippen molar-refractivity contribution in [1.82, 2.24) is 9.80 Å². The zero-order chi connectivity index (χ0) is 21.6. The minimum atomic E-state index is -0.266. The predicted molar refractivity (Wildman–Crippen MR) is 126 cm³/mol. The van der Waals surface area contributed by atoms with Crippen LogP contribution in [-0.2, 0) is 4.79 Å². The average molecular weight is 535 g/mol. The second-order valence-electron chi connectivity index (χ2n) is 8.42. The van der Waals surface area contributed by atoms with Crippen molar-refractivity contribution in [3.63, 3.8) is 0 Å². The van der Waals surface area contributed by atoms with Gasteiger partial charge in [-0.25, -0.2) is 4.79 Å². The van der Waals surface area contributed by atoms with Gasteiger partial charge in [0.25, 0.3) is 0 Å². The first kappa shape index (κ1) is 21.4. The maximum atomic E-state index is 13.1. The Balaban J connectivity index is 1.57. The molecule has 158 valence electrons. The van der Waals surface area contributed by atoms with Crippen LogP contribution in [-0.4, -0.2) is 41.4 Å². The van der Waals surface area contributed by atoms with Gasteiger partial charge in [0, 0.05) is 22.0 Å². The molecule has 1 N–H and O–H groups in total. The summed E-state index contributed by atoms with van der Waals surface area (Å²) in [6, 6.07) is 11.9. The number of amides is 3. The van der Waals surface area contributed by atoms with E-state index in [1.807, 2.05) is 29.2 Å². The summed E-state index contributed by atoms with van der Waals surface area (Å²) in [5.74, 6) is 0.672. The number of nitrogens with zero attached hydrogens (tertiary/aromatic N) is 2. The van der Waals surface area contributed by atoms with Gasteiger partial charge < -0.3 is 15.1 Å². The minimum Gasteiger partial charge on any atom is -0.332 e. The Hall–Kier alpha value is -1.86. The van der Waals surface area contributed by atoms with Crippen LogP contribution in [0.2, 0.25) is 0 Å². The van der Waals surface area contributed by atoms with Crippen molar-refractivity contribution >= 4 is 49.5 Å². The highest BCUT2D eigenvalue weighted by Crippen LogP contribution is 2.39. The molecule has 2 heterocycles. The molecule has 0 unspecified atom stereocenters. The van der Waals surface area contributed by atoms with E-state index >= 15 is 0 Å². The van der Waals surface area contributed by atoms with Crippen LogP contribution < -0.4 is 5.32 Å². The Bertz CT molecular complexity index is 985. The smallest absolute Gasteiger partial charge is 0.322 e. The van der Waals surface area contributed by atoms with Gasteiger partial charge in [0.05, 0.1) is 11.7 Å². The van der Waals surface area contributed by atoms with Crippen LogP contribution in [0, 0.1) is 0 Å². The summed E-state index contributed by atoms with van der Waals surface area (Å²) in [4.78, 5) is 29.5. The third-order valence-electron chi connectivity index (χ3n) is 6.02. The predicted octanol–water partition coefficient (Wildman–Crippen LogP) is 5.87. The molecular weight excluding hydrogens is 510 g/mol. The summed E-state index contributed by atoms with van der Waals surface area (Å²) in [5, 5.41) is 2.99. The Kier molecular flexibility index (Phi) is 5.95. The normalized spacial score (nSPS) is 20.8. The number of benzene rings is 2. The van der Waals surface area contributed by atoms with E-state index in [0.29, 0.717) is 30.6 Å². The molecule has 0 radical (unpaired) electrons. The number of hydrogen-bond donors (Lipinski definition) is 1. The van der Waals surface area contributed by atoms with Crippen LogP contribution in [0.4, 0.5) is 10.5 Å². The fourth-order valence-electron chi connectivity index (χ4n) is 4.34. The van der Waals surface area contributed by atoms with E-state index in [9.17, 15) is 9.59 Å². The average Bonchev–Trinajstić information content (AvgIpc) is 2.71. The van der Waals surface area contributed by atoms with E-state index in [1.54, 1.807) is 4.90 Å². The van der Waals surface area contributed by atoms with Crippen LogP contribution in [0.3, 0.4) is 0 Å². The number of carbonyl (C=O) groups excluding carboxylic acids is 2. The van der Waals surface area contributed by atoms with E-state index in [1.165, 1.54) is 11.1 Å². The lowest BCUT2D eigenvalue weighted by atomic mass is 9.85. The fraction of sp³-hybridized carbons (Fsp3) is 0.391. The van der Waals surface area contributed by atoms with Gasteiger partial charge in [-0.05, 0) is 72.5 Å². The summed E-state index contributed by atoms with van der Waals surface area (Å²) in [6.45, 7) is 7.68. The largest absolute Gasteiger partial charge is 0.332 e. The zero-order valence-corrected chi connectivity index (χ0v) is 20.5. The molecular formula is C23H25Br2N3O2. The maximum absolute atomic E-state index is 13.1. The summed E-state index contributed by atoms with van der Waals surface area (Å²) in [5.41, 5.74) is 4.26. The first-order valence-electron chi connectivity index (χ1n) is 10.2. The van der Waals surface area contributed by atoms with Gasteiger partial charge in [-0.15, -0.1) is 0 Å². The second kappa shape index (κ2) is 8.35. The monoisotopic (exact) mass is 533 g/mol. The molecule has 2 atom stereocenters. The minimum absolute atomic E-state index is 0.00367. The summed E-state index contributed by atoms with van der Waals surface area (Å²) >= 11 is 7.15. The highest BCUT2D eigenvalue weighted by atomic mass is 79.9. The number of piperazine rings is 1. The van der Waals surface area contributed by atoms with Crippen molar-refractivity contribution in [2.75, 3.05) is 25.0 Å². The van der Waals surface area contributed by atoms with E-state index in [0.717, 1.165) is 14.5 Å². The quantitative estimate of drug-likeness (QED) is 0.524. The number of urea groups is 1. The summed E-state index contributed by atoms with van der Waals surface area (Å²) in [7, 11) is 0. The maximum Gasteiger partial charge on any atom is 0.322 e. The molecule has 7 heteroatoms. The zero-order valence-electron chi connectivity index (χ0n) is 17.3. The van der Waals surface area contributed by atoms with Gasteiger partial charge in [-0.2, -0.15) is 0 Å². The SMILES string of the molecule is CC(C)c1cc(Br)c(NC(=O)N2CC(=O)N3C[C@H](C)c4ccccc4[C@@H]3C2)c(Br)c1. The van der Waals surface area contributed by atoms with Gasteiger partial charge in [0.15, 0.2) is 0 Å². The Labute approximate surface area is 194 Å². The highest BCUT2D eigenvalue weighted by Gasteiger charge is 2.40. The van der Waals surface area contributed by atoms with Gasteiger partial charge in [0.1, 0.15) is 6.54 Å². The Morgan fingerprint density at radius 2 is 1.73 bits per heavy atom. The summed E-state index contributed by atoms with van der Waals surface area (Å²) < 4.78 is 1.63. The van der Waals surface area contributed by atoms with Crippen molar-refractivity contribution in [2.24, 2.45) is 0 Å². The third kappa shape index (κ3) is 3.89. The van der Waals surface area contributed by atoms with Gasteiger partial charge in [-0.3, -0.25) is 4.79 Å². The number of fused-ring (bicyclic) bond motifs is 3. The molecule has 1 fully saturated rings. The van der Waals surface area contributed by atoms with Crippen molar-refractivity contribution in [1.29, 1.82) is 0 Å². The second-order valence-corrected chi connectivity index (χ2v) is 10.1. The van der Waals surface area contributed by atoms with Crippen molar-refractivity contribution in [3.05, 3.63) is 62.0 Å². The van der Waals surface area contributed by atoms with E-state index in [-0.39, 0.29) is 24.5 Å². The third-order valence-corrected chi connectivity index (χ3v) is 7.27. The van der Waals surface area contributed by atoms with Crippen LogP contribution in [0.15, 0.2) is 45.3 Å². The van der Waals surface area contributed by atoms with Crippen molar-refractivity contribution in [3.8, 4) is 0 Å². The van der Waals surface area contributed by atoms with Crippen molar-refractivity contribution < 1.29 is 9.59 Å². The molecule has 0 spiro atoms. The number of carbonyl (C=O) groups is 2. The lowest BCUT2D eigenvalue weighted by molar-refractivity contribution is -0.139. The van der Waals surface area contributed by atoms with E-state index < -0.39 is 0 Å². The first-order valence-corrected chi connectivity index (χ1v) is 11.8. The molecule has 0 aliphatic carbocycles. The number of rotatable bonds is 2. The van der Waals surface area contributed by atoms with Gasteiger partial charge in [-0.1, -0.05) is 45.0 Å². The molecule has 2 aromatic carbocycles. The fourth-order valence-corrected chi connectivity index (χ4v) is 5.76. The number of hydrogen-bond acceptors (Lipinski definition) is 2. The Morgan fingerprint density at radius 1 is 1.10 bits per heavy atom. The summed E-state index contributed by atoms with van der Waals surface area (Å²) in [6.07, 6.45) is 0. The first-order chi connectivity index (χ1) is 14.3. The standard InChI is InChI=1S/C23H25Br2N3O2/c1-13(2)15-8-18(24)22(19(25)9-15)26-23(30)27-11-20-17-7-5-4-6-16(17)14(3)10-28(20)21(29)12-27/h4-9,13-14,20H,10-12H2,1-3H3,(H,26,30)/t14-,20-/m0/s1. The molecule has 30 heavy (non-hydrogen) atoms. The molecule has 2 aromatic rings. The van der Waals surface area contributed by atoms with E-state index in [4.69, 9.17) is 0 Å². The molecule has 4 rings (SSSR count). The molecule has 0 bridgehead atoms. The highest BCUT2D eigenvalue weighted by molar-refractivity contribution is 9.11. The molecule has 3 amide bonds. The van der Waals surface area contributed by atoms with E-state index in [2.05, 4.69) is 70.1 Å². The number of nitrogens with one attached hydrogen (secondary N) is 1. The van der Waals surface area contributed by atoms with Crippen LogP contribution in [0.5, 0.6) is 0 Å². The van der Waals surface area contributed by atoms with Crippen LogP contribution in [0.25, 0.3) is 0 Å². The molecule has 1 saturated heterocycles. The van der Waals surface area contributed by atoms with Gasteiger partial charge in [0.2, 0.25) is 5.91 Å². The molecule has 0 aromatic heterocycles. The number of halogens is 2. The molecule has 2 aliphatic rings. The molecule has 5 nitrogen and oxygen atoms in total. The Morgan fingerprint density at radius 3 is 2.37 bits per heavy atom. The van der Waals surface area contributed by atoms with Crippen molar-refractivity contribution in [2.45, 2.75) is 38.6 Å². The van der Waals surface area contributed by atoms with Gasteiger partial charge >= 0.3 is 6.03 Å². The lowest BCUT2D eigenvalue weighted by Gasteiger charge is -2.46. The van der Waals surface area contributed by atoms with Crippen LogP contribution >= 0.6 is 31.9 Å². The van der Waals surface area contributed by atoms with Crippen LogP contribution in [0.1, 0.15) is 55.3 Å². The molecule has 2 aliphatic heterocycles. The topological polar surface area (TPSA) is 52.7 Å². The molecule has 0 saturated carbocycles. The number of anilines is 1.